The van der Waals surface area contributed by atoms with Crippen LogP contribution in [0, 0.1) is 0 Å². The Bertz CT molecular complexity index is 337. The molecular formula is C10H16ClN3O2. The number of nitrogens with zero attached hydrogens (tertiary/aromatic N) is 2. The summed E-state index contributed by atoms with van der Waals surface area (Å²) in [5.74, 6) is 0.434. The molecule has 6 heteroatoms. The third kappa shape index (κ3) is 2.65. The van der Waals surface area contributed by atoms with Gasteiger partial charge in [-0.1, -0.05) is 5.10 Å². The summed E-state index contributed by atoms with van der Waals surface area (Å²) in [6.45, 7) is 4.68. The van der Waals surface area contributed by atoms with Gasteiger partial charge in [0, 0.05) is 6.61 Å². The van der Waals surface area contributed by atoms with Gasteiger partial charge in [-0.25, -0.2) is 0 Å². The first-order chi connectivity index (χ1) is 7.66. The predicted molar refractivity (Wildman–Crippen MR) is 60.6 cm³/mol. The fourth-order valence-corrected chi connectivity index (χ4v) is 1.83. The number of ether oxygens (including phenoxy) is 1. The average Bonchev–Trinajstić information content (AvgIpc) is 2.87. The van der Waals surface area contributed by atoms with Gasteiger partial charge >= 0.3 is 6.01 Å². The van der Waals surface area contributed by atoms with E-state index in [1.54, 1.807) is 6.92 Å². The van der Waals surface area contributed by atoms with E-state index in [9.17, 15) is 0 Å². The maximum absolute atomic E-state index is 5.83. The van der Waals surface area contributed by atoms with Crippen molar-refractivity contribution >= 4 is 17.6 Å². The average molecular weight is 246 g/mol. The molecule has 1 aliphatic heterocycles. The Labute approximate surface area is 99.5 Å². The van der Waals surface area contributed by atoms with Crippen LogP contribution in [-0.2, 0) is 4.74 Å². The second-order valence-corrected chi connectivity index (χ2v) is 4.70. The zero-order valence-electron chi connectivity index (χ0n) is 9.44. The zero-order valence-corrected chi connectivity index (χ0v) is 10.2. The zero-order chi connectivity index (χ0) is 11.5. The summed E-state index contributed by atoms with van der Waals surface area (Å²) in [6.07, 6.45) is 2.41. The summed E-state index contributed by atoms with van der Waals surface area (Å²) in [5.41, 5.74) is 0. The Morgan fingerprint density at radius 2 is 2.25 bits per heavy atom. The number of halogens is 1. The van der Waals surface area contributed by atoms with Gasteiger partial charge in [-0.05, 0) is 26.7 Å². The van der Waals surface area contributed by atoms with E-state index in [-0.39, 0.29) is 17.5 Å². The lowest BCUT2D eigenvalue weighted by atomic mass is 10.1. The van der Waals surface area contributed by atoms with Crippen LogP contribution in [0.15, 0.2) is 4.42 Å². The molecule has 0 amide bonds. The van der Waals surface area contributed by atoms with Crippen LogP contribution in [0.5, 0.6) is 0 Å². The van der Waals surface area contributed by atoms with Crippen molar-refractivity contribution in [1.82, 2.24) is 10.2 Å². The number of rotatable bonds is 4. The van der Waals surface area contributed by atoms with Crippen LogP contribution in [0.2, 0.25) is 0 Å². The van der Waals surface area contributed by atoms with Crippen molar-refractivity contribution in [2.24, 2.45) is 0 Å². The summed E-state index contributed by atoms with van der Waals surface area (Å²) < 4.78 is 10.9. The van der Waals surface area contributed by atoms with Crippen LogP contribution in [0.1, 0.15) is 38.0 Å². The Morgan fingerprint density at radius 3 is 2.81 bits per heavy atom. The molecule has 0 bridgehead atoms. The van der Waals surface area contributed by atoms with Crippen LogP contribution in [0.3, 0.4) is 0 Å². The molecule has 90 valence electrons. The molecule has 1 aromatic heterocycles. The minimum atomic E-state index is -0.263. The number of aromatic nitrogens is 2. The molecule has 0 saturated carbocycles. The van der Waals surface area contributed by atoms with Crippen LogP contribution in [0.25, 0.3) is 0 Å². The van der Waals surface area contributed by atoms with Gasteiger partial charge in [0.25, 0.3) is 0 Å². The van der Waals surface area contributed by atoms with Gasteiger partial charge in [0.2, 0.25) is 5.89 Å². The van der Waals surface area contributed by atoms with E-state index >= 15 is 0 Å². The number of nitrogens with one attached hydrogen (secondary N) is 1. The Kier molecular flexibility index (Phi) is 3.66. The minimum Gasteiger partial charge on any atom is -0.406 e. The Balaban J connectivity index is 1.92. The Morgan fingerprint density at radius 1 is 1.44 bits per heavy atom. The third-order valence-corrected chi connectivity index (χ3v) is 2.84. The monoisotopic (exact) mass is 245 g/mol. The molecule has 1 aliphatic rings. The molecule has 3 atom stereocenters. The molecule has 16 heavy (non-hydrogen) atoms. The first-order valence-electron chi connectivity index (χ1n) is 5.52. The molecule has 3 unspecified atom stereocenters. The predicted octanol–water partition coefficient (Wildman–Crippen LogP) is 2.35. The van der Waals surface area contributed by atoms with Crippen LogP contribution < -0.4 is 5.32 Å². The van der Waals surface area contributed by atoms with Crippen molar-refractivity contribution in [2.45, 2.75) is 44.2 Å². The van der Waals surface area contributed by atoms with Gasteiger partial charge in [-0.15, -0.1) is 16.7 Å². The van der Waals surface area contributed by atoms with Crippen LogP contribution in [0.4, 0.5) is 6.01 Å². The van der Waals surface area contributed by atoms with E-state index in [0.717, 1.165) is 19.4 Å². The van der Waals surface area contributed by atoms with Crippen molar-refractivity contribution in [3.63, 3.8) is 0 Å². The van der Waals surface area contributed by atoms with Gasteiger partial charge in [0.05, 0.1) is 12.1 Å². The molecule has 1 N–H and O–H groups in total. The summed E-state index contributed by atoms with van der Waals surface area (Å²) in [4.78, 5) is 0. The smallest absolute Gasteiger partial charge is 0.315 e. The van der Waals surface area contributed by atoms with Gasteiger partial charge in [0.15, 0.2) is 0 Å². The Hall–Kier alpha value is -0.810. The topological polar surface area (TPSA) is 60.2 Å². The quantitative estimate of drug-likeness (QED) is 0.825. The van der Waals surface area contributed by atoms with Crippen LogP contribution >= 0.6 is 11.6 Å². The van der Waals surface area contributed by atoms with E-state index in [4.69, 9.17) is 20.8 Å². The standard InChI is InChI=1S/C10H16ClN3O2/c1-6(11)9-13-14-10(16-9)12-7(2)8-4-3-5-15-8/h6-8H,3-5H2,1-2H3,(H,12,14). The lowest BCUT2D eigenvalue weighted by molar-refractivity contribution is 0.0989. The highest BCUT2D eigenvalue weighted by molar-refractivity contribution is 6.20. The molecule has 2 heterocycles. The maximum Gasteiger partial charge on any atom is 0.315 e. The second kappa shape index (κ2) is 5.01. The minimum absolute atomic E-state index is 0.168. The lowest BCUT2D eigenvalue weighted by Crippen LogP contribution is -2.30. The molecule has 2 rings (SSSR count). The molecule has 0 aromatic carbocycles. The normalized spacial score (nSPS) is 24.3. The lowest BCUT2D eigenvalue weighted by Gasteiger charge is -2.18. The van der Waals surface area contributed by atoms with E-state index < -0.39 is 0 Å². The molecule has 0 spiro atoms. The number of alkyl halides is 1. The van der Waals surface area contributed by atoms with Gasteiger partial charge in [0.1, 0.15) is 5.38 Å². The summed E-state index contributed by atoms with van der Waals surface area (Å²) in [7, 11) is 0. The largest absolute Gasteiger partial charge is 0.406 e. The molecule has 0 aliphatic carbocycles. The molecule has 0 radical (unpaired) electrons. The van der Waals surface area contributed by atoms with Gasteiger partial charge < -0.3 is 14.5 Å². The summed E-state index contributed by atoms with van der Waals surface area (Å²) in [6, 6.07) is 0.576. The SMILES string of the molecule is CC(Cl)c1nnc(NC(C)C2CCCO2)o1. The highest BCUT2D eigenvalue weighted by atomic mass is 35.5. The molecule has 5 nitrogen and oxygen atoms in total. The maximum atomic E-state index is 5.83. The van der Waals surface area contributed by atoms with Crippen molar-refractivity contribution in [3.05, 3.63) is 5.89 Å². The first-order valence-corrected chi connectivity index (χ1v) is 5.96. The fraction of sp³-hybridized carbons (Fsp3) is 0.800. The number of hydrogen-bond donors (Lipinski definition) is 1. The van der Waals surface area contributed by atoms with Crippen molar-refractivity contribution in [2.75, 3.05) is 11.9 Å². The second-order valence-electron chi connectivity index (χ2n) is 4.05. The van der Waals surface area contributed by atoms with Gasteiger partial charge in [-0.3, -0.25) is 0 Å². The summed E-state index contributed by atoms with van der Waals surface area (Å²) in [5, 5.41) is 10.6. The van der Waals surface area contributed by atoms with E-state index in [1.807, 2.05) is 6.92 Å². The number of anilines is 1. The third-order valence-electron chi connectivity index (χ3n) is 2.65. The number of hydrogen-bond acceptors (Lipinski definition) is 5. The van der Waals surface area contributed by atoms with Crippen molar-refractivity contribution < 1.29 is 9.15 Å². The summed E-state index contributed by atoms with van der Waals surface area (Å²) >= 11 is 5.83. The highest BCUT2D eigenvalue weighted by Gasteiger charge is 2.23. The first kappa shape index (κ1) is 11.7. The van der Waals surface area contributed by atoms with Crippen molar-refractivity contribution in [1.29, 1.82) is 0 Å². The molecular weight excluding hydrogens is 230 g/mol. The van der Waals surface area contributed by atoms with E-state index in [1.165, 1.54) is 0 Å². The van der Waals surface area contributed by atoms with E-state index in [0.29, 0.717) is 11.9 Å². The van der Waals surface area contributed by atoms with Gasteiger partial charge in [-0.2, -0.15) is 0 Å². The molecule has 1 saturated heterocycles. The van der Waals surface area contributed by atoms with Crippen LogP contribution in [-0.4, -0.2) is 29.0 Å². The van der Waals surface area contributed by atoms with Crippen molar-refractivity contribution in [3.8, 4) is 0 Å². The molecule has 1 aromatic rings. The molecule has 1 fully saturated rings. The van der Waals surface area contributed by atoms with E-state index in [2.05, 4.69) is 15.5 Å². The highest BCUT2D eigenvalue weighted by Crippen LogP contribution is 2.22. The fourth-order valence-electron chi connectivity index (χ4n) is 1.74.